The van der Waals surface area contributed by atoms with Crippen molar-refractivity contribution in [3.63, 3.8) is 0 Å². The highest BCUT2D eigenvalue weighted by molar-refractivity contribution is 7.92. The van der Waals surface area contributed by atoms with Crippen LogP contribution in [0.25, 0.3) is 0 Å². The fraction of sp³-hybridized carbons (Fsp3) is 0.562. The molecular weight excluding hydrogens is 357 g/mol. The minimum atomic E-state index is -4.56. The summed E-state index contributed by atoms with van der Waals surface area (Å²) in [5.74, 6) is -0.749. The summed E-state index contributed by atoms with van der Waals surface area (Å²) in [6.07, 6.45) is -3.39. The summed E-state index contributed by atoms with van der Waals surface area (Å²) in [6.45, 7) is 2.13. The molecule has 1 heterocycles. The maximum atomic E-state index is 13.1. The van der Waals surface area contributed by atoms with Gasteiger partial charge in [-0.2, -0.15) is 13.2 Å². The molecule has 9 heteroatoms. The molecule has 1 unspecified atom stereocenters. The summed E-state index contributed by atoms with van der Waals surface area (Å²) >= 11 is 0. The van der Waals surface area contributed by atoms with Crippen molar-refractivity contribution in [1.29, 1.82) is 0 Å². The summed E-state index contributed by atoms with van der Waals surface area (Å²) in [6, 6.07) is 3.97. The Kier molecular flexibility index (Phi) is 5.48. The molecule has 0 aromatic heterocycles. The van der Waals surface area contributed by atoms with E-state index in [0.29, 0.717) is 13.1 Å². The Labute approximate surface area is 144 Å². The van der Waals surface area contributed by atoms with Gasteiger partial charge in [-0.15, -0.1) is 0 Å². The fourth-order valence-electron chi connectivity index (χ4n) is 3.14. The lowest BCUT2D eigenvalue weighted by atomic mass is 9.94. The molecular formula is C16H21F3N2O3S. The minimum Gasteiger partial charge on any atom is -0.348 e. The van der Waals surface area contributed by atoms with Crippen molar-refractivity contribution in [2.75, 3.05) is 19.3 Å². The van der Waals surface area contributed by atoms with Crippen LogP contribution in [0.4, 0.5) is 13.2 Å². The molecule has 140 valence electrons. The maximum Gasteiger partial charge on any atom is 0.416 e. The van der Waals surface area contributed by atoms with Crippen molar-refractivity contribution in [2.45, 2.75) is 36.7 Å². The number of sulfone groups is 1. The molecule has 1 aromatic carbocycles. The molecule has 25 heavy (non-hydrogen) atoms. The van der Waals surface area contributed by atoms with Gasteiger partial charge >= 0.3 is 6.18 Å². The van der Waals surface area contributed by atoms with Gasteiger partial charge in [0.2, 0.25) is 5.91 Å². The van der Waals surface area contributed by atoms with E-state index >= 15 is 0 Å². The van der Waals surface area contributed by atoms with Crippen LogP contribution in [0, 0.1) is 0 Å². The van der Waals surface area contributed by atoms with E-state index in [1.807, 2.05) is 0 Å². The molecule has 5 nitrogen and oxygen atoms in total. The molecule has 2 N–H and O–H groups in total. The highest BCUT2D eigenvalue weighted by Gasteiger charge is 2.49. The van der Waals surface area contributed by atoms with E-state index < -0.39 is 38.3 Å². The van der Waals surface area contributed by atoms with E-state index in [2.05, 4.69) is 10.6 Å². The van der Waals surface area contributed by atoms with E-state index in [9.17, 15) is 26.4 Å². The Hall–Kier alpha value is -1.61. The standard InChI is InChI=1S/C16H21F3N2O3S/c1-11(12-5-3-4-6-13(12)16(17,18)19)21-14(22)15(25(2,23)24)7-9-20-10-8-15/h3-6,11,20H,7-10H2,1-2H3,(H,21,22). The van der Waals surface area contributed by atoms with Crippen LogP contribution in [0.2, 0.25) is 0 Å². The third-order valence-corrected chi connectivity index (χ3v) is 6.63. The molecule has 2 rings (SSSR count). The molecule has 0 saturated carbocycles. The number of carbonyl (C=O) groups is 1. The molecule has 0 spiro atoms. The van der Waals surface area contributed by atoms with Gasteiger partial charge in [0.15, 0.2) is 14.6 Å². The number of piperidine rings is 1. The van der Waals surface area contributed by atoms with Crippen molar-refractivity contribution >= 4 is 15.7 Å². The second kappa shape index (κ2) is 6.95. The normalized spacial score (nSPS) is 19.2. The second-order valence-corrected chi connectivity index (χ2v) is 8.62. The Balaban J connectivity index is 2.31. The lowest BCUT2D eigenvalue weighted by Crippen LogP contribution is -2.57. The average Bonchev–Trinajstić information content (AvgIpc) is 2.53. The number of amides is 1. The van der Waals surface area contributed by atoms with Gasteiger partial charge in [-0.25, -0.2) is 8.42 Å². The number of benzene rings is 1. The van der Waals surface area contributed by atoms with E-state index in [4.69, 9.17) is 0 Å². The summed E-state index contributed by atoms with van der Waals surface area (Å²) in [7, 11) is -3.73. The first-order valence-electron chi connectivity index (χ1n) is 7.86. The van der Waals surface area contributed by atoms with Crippen LogP contribution in [0.15, 0.2) is 24.3 Å². The lowest BCUT2D eigenvalue weighted by molar-refractivity contribution is -0.139. The van der Waals surface area contributed by atoms with Crippen molar-refractivity contribution in [1.82, 2.24) is 10.6 Å². The van der Waals surface area contributed by atoms with Crippen LogP contribution in [-0.2, 0) is 20.8 Å². The first-order chi connectivity index (χ1) is 11.5. The highest BCUT2D eigenvalue weighted by atomic mass is 32.2. The van der Waals surface area contributed by atoms with Crippen LogP contribution < -0.4 is 10.6 Å². The van der Waals surface area contributed by atoms with Crippen LogP contribution in [-0.4, -0.2) is 38.4 Å². The van der Waals surface area contributed by atoms with E-state index in [-0.39, 0.29) is 18.4 Å². The molecule has 1 aliphatic heterocycles. The molecule has 0 bridgehead atoms. The van der Waals surface area contributed by atoms with Gasteiger partial charge in [-0.1, -0.05) is 18.2 Å². The first kappa shape index (κ1) is 19.7. The van der Waals surface area contributed by atoms with Gasteiger partial charge in [0, 0.05) is 6.26 Å². The predicted molar refractivity (Wildman–Crippen MR) is 87.7 cm³/mol. The van der Waals surface area contributed by atoms with Crippen LogP contribution in [0.3, 0.4) is 0 Å². The Morgan fingerprint density at radius 3 is 2.32 bits per heavy atom. The number of hydrogen-bond acceptors (Lipinski definition) is 4. The average molecular weight is 378 g/mol. The zero-order chi connectivity index (χ0) is 18.9. The van der Waals surface area contributed by atoms with Gasteiger partial charge < -0.3 is 10.6 Å². The third-order valence-electron chi connectivity index (χ3n) is 4.62. The molecule has 1 aromatic rings. The predicted octanol–water partition coefficient (Wildman–Crippen LogP) is 2.05. The Morgan fingerprint density at radius 2 is 1.80 bits per heavy atom. The Morgan fingerprint density at radius 1 is 1.24 bits per heavy atom. The van der Waals surface area contributed by atoms with Gasteiger partial charge in [0.25, 0.3) is 0 Å². The lowest BCUT2D eigenvalue weighted by Gasteiger charge is -2.35. The molecule has 1 saturated heterocycles. The molecule has 1 aliphatic rings. The molecule has 1 atom stereocenters. The van der Waals surface area contributed by atoms with Gasteiger partial charge in [-0.3, -0.25) is 4.79 Å². The summed E-state index contributed by atoms with van der Waals surface area (Å²) in [5.41, 5.74) is -0.942. The zero-order valence-electron chi connectivity index (χ0n) is 14.0. The monoisotopic (exact) mass is 378 g/mol. The minimum absolute atomic E-state index is 0.0886. The zero-order valence-corrected chi connectivity index (χ0v) is 14.8. The van der Waals surface area contributed by atoms with Crippen LogP contribution >= 0.6 is 0 Å². The van der Waals surface area contributed by atoms with Gasteiger partial charge in [0.1, 0.15) is 0 Å². The third kappa shape index (κ3) is 3.98. The number of nitrogens with one attached hydrogen (secondary N) is 2. The topological polar surface area (TPSA) is 75.3 Å². The Bertz CT molecular complexity index is 741. The summed E-state index contributed by atoms with van der Waals surface area (Å²) < 4.78 is 62.3. The highest BCUT2D eigenvalue weighted by Crippen LogP contribution is 2.35. The van der Waals surface area contributed by atoms with E-state index in [0.717, 1.165) is 12.3 Å². The molecule has 0 radical (unpaired) electrons. The molecule has 1 fully saturated rings. The number of alkyl halides is 3. The smallest absolute Gasteiger partial charge is 0.348 e. The second-order valence-electron chi connectivity index (χ2n) is 6.30. The van der Waals surface area contributed by atoms with Crippen LogP contribution in [0.5, 0.6) is 0 Å². The molecule has 1 amide bonds. The SMILES string of the molecule is CC(NC(=O)C1(S(C)(=O)=O)CCNCC1)c1ccccc1C(F)(F)F. The largest absolute Gasteiger partial charge is 0.416 e. The van der Waals surface area contributed by atoms with Crippen molar-refractivity contribution in [2.24, 2.45) is 0 Å². The number of carbonyl (C=O) groups excluding carboxylic acids is 1. The van der Waals surface area contributed by atoms with Crippen molar-refractivity contribution in [3.05, 3.63) is 35.4 Å². The fourth-order valence-corrected chi connectivity index (χ4v) is 4.48. The number of rotatable bonds is 4. The first-order valence-corrected chi connectivity index (χ1v) is 9.75. The summed E-state index contributed by atoms with van der Waals surface area (Å²) in [5, 5.41) is 5.47. The number of hydrogen-bond donors (Lipinski definition) is 2. The molecule has 0 aliphatic carbocycles. The van der Waals surface area contributed by atoms with Gasteiger partial charge in [0.05, 0.1) is 11.6 Å². The quantitative estimate of drug-likeness (QED) is 0.841. The maximum absolute atomic E-state index is 13.1. The van der Waals surface area contributed by atoms with Crippen molar-refractivity contribution < 1.29 is 26.4 Å². The number of halogens is 3. The van der Waals surface area contributed by atoms with E-state index in [1.54, 1.807) is 0 Å². The summed E-state index contributed by atoms with van der Waals surface area (Å²) in [4.78, 5) is 12.7. The van der Waals surface area contributed by atoms with Crippen molar-refractivity contribution in [3.8, 4) is 0 Å². The van der Waals surface area contributed by atoms with Gasteiger partial charge in [-0.05, 0) is 44.5 Å². The van der Waals surface area contributed by atoms with E-state index in [1.165, 1.54) is 25.1 Å². The van der Waals surface area contributed by atoms with Crippen LogP contribution in [0.1, 0.15) is 36.9 Å².